The molecule has 0 atom stereocenters. The van der Waals surface area contributed by atoms with Crippen molar-refractivity contribution in [3.05, 3.63) is 53.7 Å². The van der Waals surface area contributed by atoms with Gasteiger partial charge in [-0.25, -0.2) is 9.97 Å². The molecule has 3 heterocycles. The minimum Gasteiger partial charge on any atom is -0.487 e. The molecular weight excluding hydrogens is 398 g/mol. The smallest absolute Gasteiger partial charge is 0.257 e. The summed E-state index contributed by atoms with van der Waals surface area (Å²) in [4.78, 5) is 32.7. The number of Topliss-reactive ketones (excluding diaryl/α,β-unsaturated/α-hetero) is 1. The number of hydrogen-bond acceptors (Lipinski definition) is 7. The van der Waals surface area contributed by atoms with Crippen LogP contribution in [0.5, 0.6) is 17.2 Å². The van der Waals surface area contributed by atoms with E-state index in [2.05, 4.69) is 20.4 Å². The zero-order valence-electron chi connectivity index (χ0n) is 17.8. The van der Waals surface area contributed by atoms with Crippen molar-refractivity contribution in [1.29, 1.82) is 0 Å². The summed E-state index contributed by atoms with van der Waals surface area (Å²) < 4.78 is 13.6. The van der Waals surface area contributed by atoms with Crippen LogP contribution in [0.4, 0.5) is 5.82 Å². The topological polar surface area (TPSA) is 108 Å². The first kappa shape index (κ1) is 20.5. The molecule has 0 fully saturated rings. The second kappa shape index (κ2) is 7.82. The second-order valence-corrected chi connectivity index (χ2v) is 7.94. The molecule has 4 rings (SSSR count). The molecule has 2 aromatic heterocycles. The van der Waals surface area contributed by atoms with Gasteiger partial charge in [-0.3, -0.25) is 14.3 Å². The van der Waals surface area contributed by atoms with Gasteiger partial charge in [-0.1, -0.05) is 6.92 Å². The molecule has 0 bridgehead atoms. The summed E-state index contributed by atoms with van der Waals surface area (Å²) in [5.74, 6) is 1.55. The third-order valence-electron chi connectivity index (χ3n) is 4.80. The van der Waals surface area contributed by atoms with Crippen molar-refractivity contribution >= 4 is 17.5 Å². The lowest BCUT2D eigenvalue weighted by atomic mass is 9.99. The minimum atomic E-state index is -0.426. The predicted octanol–water partition coefficient (Wildman–Crippen LogP) is 3.56. The zero-order chi connectivity index (χ0) is 22.2. The molecule has 31 heavy (non-hydrogen) atoms. The Morgan fingerprint density at radius 1 is 1.26 bits per heavy atom. The lowest BCUT2D eigenvalue weighted by Gasteiger charge is -2.16. The average Bonchev–Trinajstić information content (AvgIpc) is 3.28. The highest BCUT2D eigenvalue weighted by molar-refractivity contribution is 6.04. The Bertz CT molecular complexity index is 1150. The van der Waals surface area contributed by atoms with E-state index >= 15 is 0 Å². The van der Waals surface area contributed by atoms with Gasteiger partial charge in [-0.2, -0.15) is 5.10 Å². The molecule has 0 spiro atoms. The van der Waals surface area contributed by atoms with Crippen LogP contribution in [0.15, 0.2) is 36.8 Å². The van der Waals surface area contributed by atoms with E-state index in [-0.39, 0.29) is 17.5 Å². The quantitative estimate of drug-likeness (QED) is 0.606. The van der Waals surface area contributed by atoms with Crippen LogP contribution in [-0.2, 0) is 13.5 Å². The number of aryl methyl sites for hydroxylation is 1. The van der Waals surface area contributed by atoms with Gasteiger partial charge in [0.25, 0.3) is 5.91 Å². The molecule has 9 heteroatoms. The summed E-state index contributed by atoms with van der Waals surface area (Å²) in [5.41, 5.74) is 0.800. The predicted molar refractivity (Wildman–Crippen MR) is 113 cm³/mol. The number of nitrogens with zero attached hydrogens (tertiary/aromatic N) is 4. The number of fused-ring (bicyclic) bond motifs is 1. The fourth-order valence-electron chi connectivity index (χ4n) is 3.33. The number of amides is 1. The summed E-state index contributed by atoms with van der Waals surface area (Å²) in [5, 5.41) is 6.93. The first-order valence-corrected chi connectivity index (χ1v) is 9.94. The monoisotopic (exact) mass is 421 g/mol. The van der Waals surface area contributed by atoms with E-state index in [1.54, 1.807) is 43.0 Å². The van der Waals surface area contributed by atoms with Crippen molar-refractivity contribution in [3.8, 4) is 17.2 Å². The number of anilines is 1. The maximum Gasteiger partial charge on any atom is 0.257 e. The van der Waals surface area contributed by atoms with E-state index in [9.17, 15) is 9.59 Å². The number of benzene rings is 1. The van der Waals surface area contributed by atoms with Gasteiger partial charge in [0.05, 0.1) is 12.4 Å². The van der Waals surface area contributed by atoms with Gasteiger partial charge in [0.2, 0.25) is 0 Å². The summed E-state index contributed by atoms with van der Waals surface area (Å²) in [6, 6.07) is 5.07. The molecule has 9 nitrogen and oxygen atoms in total. The van der Waals surface area contributed by atoms with Gasteiger partial charge in [-0.05, 0) is 26.0 Å². The highest BCUT2D eigenvalue weighted by Gasteiger charge is 2.34. The molecule has 1 aliphatic heterocycles. The highest BCUT2D eigenvalue weighted by Crippen LogP contribution is 2.42. The fraction of sp³-hybridized carbons (Fsp3) is 0.318. The first-order valence-electron chi connectivity index (χ1n) is 9.94. The van der Waals surface area contributed by atoms with Gasteiger partial charge < -0.3 is 14.8 Å². The van der Waals surface area contributed by atoms with Crippen LogP contribution in [0.2, 0.25) is 0 Å². The number of ketones is 1. The largest absolute Gasteiger partial charge is 0.487 e. The Morgan fingerprint density at radius 2 is 2.00 bits per heavy atom. The van der Waals surface area contributed by atoms with E-state index in [0.29, 0.717) is 41.5 Å². The van der Waals surface area contributed by atoms with Crippen molar-refractivity contribution in [3.63, 3.8) is 0 Å². The molecule has 1 aromatic carbocycles. The summed E-state index contributed by atoms with van der Waals surface area (Å²) in [6.45, 7) is 5.69. The molecule has 0 aliphatic carbocycles. The SMILES string of the molecule is CCC(=O)c1ncc(Oc2cc(C(=O)Nc3ccn(C)n3)cc3c2CC(C)(C)O3)cn1. The van der Waals surface area contributed by atoms with Crippen LogP contribution in [0, 0.1) is 0 Å². The van der Waals surface area contributed by atoms with Crippen molar-refractivity contribution in [1.82, 2.24) is 19.7 Å². The zero-order valence-corrected chi connectivity index (χ0v) is 17.8. The van der Waals surface area contributed by atoms with Gasteiger partial charge in [0, 0.05) is 43.3 Å². The van der Waals surface area contributed by atoms with Crippen LogP contribution in [-0.4, -0.2) is 37.0 Å². The molecule has 1 aliphatic rings. The van der Waals surface area contributed by atoms with Crippen molar-refractivity contribution in [2.24, 2.45) is 7.05 Å². The second-order valence-electron chi connectivity index (χ2n) is 7.94. The number of nitrogens with one attached hydrogen (secondary N) is 1. The molecule has 1 N–H and O–H groups in total. The maximum absolute atomic E-state index is 12.8. The van der Waals surface area contributed by atoms with Gasteiger partial charge >= 0.3 is 0 Å². The molecule has 0 saturated heterocycles. The Kier molecular flexibility index (Phi) is 5.18. The number of aromatic nitrogens is 4. The third kappa shape index (κ3) is 4.40. The average molecular weight is 421 g/mol. The lowest BCUT2D eigenvalue weighted by molar-refractivity contribution is 0.0976. The van der Waals surface area contributed by atoms with E-state index in [1.165, 1.54) is 12.4 Å². The summed E-state index contributed by atoms with van der Waals surface area (Å²) in [6.07, 6.45) is 5.58. The summed E-state index contributed by atoms with van der Waals surface area (Å²) >= 11 is 0. The standard InChI is InChI=1S/C22H23N5O4/c1-5-16(28)20-23-11-14(12-24-20)30-17-8-13(9-18-15(17)10-22(2,3)31-18)21(29)25-19-6-7-27(4)26-19/h6-9,11-12H,5,10H2,1-4H3,(H,25,26,29). The number of hydrogen-bond donors (Lipinski definition) is 1. The number of carbonyl (C=O) groups is 2. The highest BCUT2D eigenvalue weighted by atomic mass is 16.5. The Morgan fingerprint density at radius 3 is 2.65 bits per heavy atom. The molecule has 0 radical (unpaired) electrons. The van der Waals surface area contributed by atoms with E-state index in [1.807, 2.05) is 13.8 Å². The maximum atomic E-state index is 12.8. The molecule has 0 unspecified atom stereocenters. The Hall–Kier alpha value is -3.75. The van der Waals surface area contributed by atoms with E-state index in [4.69, 9.17) is 9.47 Å². The lowest BCUT2D eigenvalue weighted by Crippen LogP contribution is -2.24. The van der Waals surface area contributed by atoms with Gasteiger partial charge in [-0.15, -0.1) is 0 Å². The number of carbonyl (C=O) groups excluding carboxylic acids is 2. The summed E-state index contributed by atoms with van der Waals surface area (Å²) in [7, 11) is 1.77. The van der Waals surface area contributed by atoms with E-state index in [0.717, 1.165) is 5.56 Å². The fourth-order valence-corrected chi connectivity index (χ4v) is 3.33. The number of ether oxygens (including phenoxy) is 2. The minimum absolute atomic E-state index is 0.143. The molecular formula is C22H23N5O4. The molecule has 160 valence electrons. The van der Waals surface area contributed by atoms with Crippen LogP contribution in [0.3, 0.4) is 0 Å². The molecule has 3 aromatic rings. The Balaban J connectivity index is 1.64. The normalized spacial score (nSPS) is 13.9. The van der Waals surface area contributed by atoms with Gasteiger partial charge in [0.1, 0.15) is 17.1 Å². The Labute approximate surface area is 179 Å². The van der Waals surface area contributed by atoms with Gasteiger partial charge in [0.15, 0.2) is 23.2 Å². The van der Waals surface area contributed by atoms with E-state index < -0.39 is 5.60 Å². The van der Waals surface area contributed by atoms with Crippen molar-refractivity contribution < 1.29 is 19.1 Å². The number of rotatable bonds is 6. The van der Waals surface area contributed by atoms with Crippen LogP contribution in [0.25, 0.3) is 0 Å². The first-order chi connectivity index (χ1) is 14.7. The van der Waals surface area contributed by atoms with Crippen LogP contribution >= 0.6 is 0 Å². The molecule has 0 saturated carbocycles. The van der Waals surface area contributed by atoms with Crippen LogP contribution < -0.4 is 14.8 Å². The third-order valence-corrected chi connectivity index (χ3v) is 4.80. The molecule has 1 amide bonds. The van der Waals surface area contributed by atoms with Crippen molar-refractivity contribution in [2.45, 2.75) is 39.2 Å². The van der Waals surface area contributed by atoms with Crippen LogP contribution in [0.1, 0.15) is 53.7 Å². The van der Waals surface area contributed by atoms with Crippen molar-refractivity contribution in [2.75, 3.05) is 5.32 Å².